The standard InChI is InChI=1S/C10H11BrF3NO.ClH/c11-6-1-2-9(16)7(5-6)8(15)3-4-10(12,13)14;/h1-2,5,8,16H,3-4,15H2;1H/t8-;/m1./s1. The molecule has 0 heterocycles. The lowest BCUT2D eigenvalue weighted by Crippen LogP contribution is -2.15. The van der Waals surface area contributed by atoms with E-state index >= 15 is 0 Å². The third-order valence-corrected chi connectivity index (χ3v) is 2.62. The summed E-state index contributed by atoms with van der Waals surface area (Å²) in [5, 5.41) is 9.45. The molecule has 1 aromatic rings. The Kier molecular flexibility index (Phi) is 6.29. The summed E-state index contributed by atoms with van der Waals surface area (Å²) in [5.74, 6) is -0.0853. The highest BCUT2D eigenvalue weighted by Gasteiger charge is 2.28. The Morgan fingerprint density at radius 1 is 1.35 bits per heavy atom. The van der Waals surface area contributed by atoms with Crippen LogP contribution >= 0.6 is 28.3 Å². The van der Waals surface area contributed by atoms with Gasteiger partial charge in [-0.05, 0) is 24.6 Å². The van der Waals surface area contributed by atoms with Gasteiger partial charge in [0.05, 0.1) is 0 Å². The van der Waals surface area contributed by atoms with Gasteiger partial charge in [-0.25, -0.2) is 0 Å². The van der Waals surface area contributed by atoms with Crippen molar-refractivity contribution in [3.8, 4) is 5.75 Å². The molecule has 0 fully saturated rings. The SMILES string of the molecule is Cl.N[C@H](CCC(F)(F)F)c1cc(Br)ccc1O. The predicted molar refractivity (Wildman–Crippen MR) is 65.3 cm³/mol. The van der Waals surface area contributed by atoms with Crippen molar-refractivity contribution in [3.63, 3.8) is 0 Å². The van der Waals surface area contributed by atoms with Crippen LogP contribution in [0.1, 0.15) is 24.4 Å². The molecule has 0 saturated heterocycles. The van der Waals surface area contributed by atoms with Crippen LogP contribution in [0.15, 0.2) is 22.7 Å². The van der Waals surface area contributed by atoms with Gasteiger partial charge >= 0.3 is 6.18 Å². The molecule has 2 nitrogen and oxygen atoms in total. The number of alkyl halides is 3. The zero-order valence-corrected chi connectivity index (χ0v) is 11.1. The lowest BCUT2D eigenvalue weighted by molar-refractivity contribution is -0.136. The number of aromatic hydroxyl groups is 1. The summed E-state index contributed by atoms with van der Waals surface area (Å²) in [5.41, 5.74) is 5.91. The van der Waals surface area contributed by atoms with E-state index in [9.17, 15) is 18.3 Å². The van der Waals surface area contributed by atoms with Gasteiger partial charge in [0.25, 0.3) is 0 Å². The molecule has 0 aliphatic heterocycles. The lowest BCUT2D eigenvalue weighted by atomic mass is 10.0. The molecule has 0 aliphatic rings. The number of hydrogen-bond donors (Lipinski definition) is 2. The average Bonchev–Trinajstić information content (AvgIpc) is 2.17. The third-order valence-electron chi connectivity index (χ3n) is 2.13. The average molecular weight is 335 g/mol. The first-order valence-corrected chi connectivity index (χ1v) is 5.39. The monoisotopic (exact) mass is 333 g/mol. The van der Waals surface area contributed by atoms with Crippen LogP contribution in [0.4, 0.5) is 13.2 Å². The fraction of sp³-hybridized carbons (Fsp3) is 0.400. The number of nitrogens with two attached hydrogens (primary N) is 1. The predicted octanol–water partition coefficient (Wildman–Crippen LogP) is 3.92. The maximum atomic E-state index is 12.0. The molecule has 0 unspecified atom stereocenters. The quantitative estimate of drug-likeness (QED) is 0.880. The largest absolute Gasteiger partial charge is 0.508 e. The van der Waals surface area contributed by atoms with Crippen molar-refractivity contribution in [3.05, 3.63) is 28.2 Å². The third kappa shape index (κ3) is 5.61. The summed E-state index contributed by atoms with van der Waals surface area (Å²) in [4.78, 5) is 0. The Hall–Kier alpha value is -0.460. The van der Waals surface area contributed by atoms with Crippen molar-refractivity contribution in [2.75, 3.05) is 0 Å². The van der Waals surface area contributed by atoms with Crippen LogP contribution in [0, 0.1) is 0 Å². The second kappa shape index (κ2) is 6.47. The molecule has 1 atom stereocenters. The van der Waals surface area contributed by atoms with E-state index in [1.807, 2.05) is 0 Å². The van der Waals surface area contributed by atoms with E-state index in [-0.39, 0.29) is 24.6 Å². The van der Waals surface area contributed by atoms with Gasteiger partial charge in [0, 0.05) is 22.5 Å². The number of hydrogen-bond acceptors (Lipinski definition) is 2. The van der Waals surface area contributed by atoms with Crippen LogP contribution in [-0.4, -0.2) is 11.3 Å². The fourth-order valence-corrected chi connectivity index (χ4v) is 1.68. The van der Waals surface area contributed by atoms with Crippen molar-refractivity contribution in [2.45, 2.75) is 25.1 Å². The molecule has 98 valence electrons. The number of benzene rings is 1. The van der Waals surface area contributed by atoms with Gasteiger partial charge in [0.15, 0.2) is 0 Å². The Labute approximate surface area is 112 Å². The van der Waals surface area contributed by atoms with Gasteiger partial charge in [-0.15, -0.1) is 12.4 Å². The van der Waals surface area contributed by atoms with Crippen LogP contribution in [0.5, 0.6) is 5.75 Å². The van der Waals surface area contributed by atoms with Gasteiger partial charge in [-0.2, -0.15) is 13.2 Å². The molecule has 1 aromatic carbocycles. The number of phenolic OH excluding ortho intramolecular Hbond substituents is 1. The normalized spacial score (nSPS) is 13.0. The molecule has 0 aliphatic carbocycles. The zero-order valence-electron chi connectivity index (χ0n) is 8.67. The minimum absolute atomic E-state index is 0. The summed E-state index contributed by atoms with van der Waals surface area (Å²) in [6, 6.07) is 3.69. The molecule has 0 radical (unpaired) electrons. The van der Waals surface area contributed by atoms with E-state index in [4.69, 9.17) is 5.73 Å². The van der Waals surface area contributed by atoms with Gasteiger partial charge in [0.1, 0.15) is 5.75 Å². The van der Waals surface area contributed by atoms with Crippen LogP contribution in [0.3, 0.4) is 0 Å². The molecule has 17 heavy (non-hydrogen) atoms. The van der Waals surface area contributed by atoms with Crippen LogP contribution in [-0.2, 0) is 0 Å². The Bertz CT molecular complexity index is 373. The summed E-state index contributed by atoms with van der Waals surface area (Å²) < 4.78 is 36.6. The lowest BCUT2D eigenvalue weighted by Gasteiger charge is -2.15. The smallest absolute Gasteiger partial charge is 0.389 e. The van der Waals surface area contributed by atoms with Crippen LogP contribution < -0.4 is 5.73 Å². The molecule has 1 rings (SSSR count). The Morgan fingerprint density at radius 3 is 2.47 bits per heavy atom. The van der Waals surface area contributed by atoms with Gasteiger partial charge < -0.3 is 10.8 Å². The molecule has 0 aromatic heterocycles. The number of phenols is 1. The highest BCUT2D eigenvalue weighted by molar-refractivity contribution is 9.10. The molecular weight excluding hydrogens is 322 g/mol. The number of rotatable bonds is 3. The topological polar surface area (TPSA) is 46.2 Å². The zero-order chi connectivity index (χ0) is 12.3. The molecule has 0 bridgehead atoms. The van der Waals surface area contributed by atoms with E-state index in [2.05, 4.69) is 15.9 Å². The van der Waals surface area contributed by atoms with Crippen molar-refractivity contribution in [1.82, 2.24) is 0 Å². The van der Waals surface area contributed by atoms with Crippen molar-refractivity contribution >= 4 is 28.3 Å². The molecule has 0 amide bonds. The van der Waals surface area contributed by atoms with Gasteiger partial charge in [-0.3, -0.25) is 0 Å². The summed E-state index contributed by atoms with van der Waals surface area (Å²) in [7, 11) is 0. The van der Waals surface area contributed by atoms with Crippen molar-refractivity contribution < 1.29 is 18.3 Å². The molecular formula is C10H12BrClF3NO. The first-order valence-electron chi connectivity index (χ1n) is 4.60. The Balaban J connectivity index is 0.00000256. The second-order valence-electron chi connectivity index (χ2n) is 3.46. The maximum Gasteiger partial charge on any atom is 0.389 e. The van der Waals surface area contributed by atoms with E-state index in [0.717, 1.165) is 0 Å². The maximum absolute atomic E-state index is 12.0. The fourth-order valence-electron chi connectivity index (χ4n) is 1.30. The second-order valence-corrected chi connectivity index (χ2v) is 4.38. The summed E-state index contributed by atoms with van der Waals surface area (Å²) >= 11 is 3.17. The van der Waals surface area contributed by atoms with E-state index in [1.54, 1.807) is 6.07 Å². The highest BCUT2D eigenvalue weighted by atomic mass is 79.9. The highest BCUT2D eigenvalue weighted by Crippen LogP contribution is 2.31. The minimum Gasteiger partial charge on any atom is -0.508 e. The summed E-state index contributed by atoms with van der Waals surface area (Å²) in [6.45, 7) is 0. The first-order chi connectivity index (χ1) is 7.29. The first kappa shape index (κ1) is 16.5. The van der Waals surface area contributed by atoms with E-state index in [1.165, 1.54) is 12.1 Å². The van der Waals surface area contributed by atoms with Gasteiger partial charge in [0.2, 0.25) is 0 Å². The van der Waals surface area contributed by atoms with Gasteiger partial charge in [-0.1, -0.05) is 15.9 Å². The van der Waals surface area contributed by atoms with Crippen molar-refractivity contribution in [1.29, 1.82) is 0 Å². The molecule has 0 saturated carbocycles. The molecule has 3 N–H and O–H groups in total. The number of halogens is 5. The van der Waals surface area contributed by atoms with E-state index < -0.39 is 18.6 Å². The van der Waals surface area contributed by atoms with Crippen LogP contribution in [0.25, 0.3) is 0 Å². The Morgan fingerprint density at radius 2 is 1.94 bits per heavy atom. The van der Waals surface area contributed by atoms with Crippen molar-refractivity contribution in [2.24, 2.45) is 5.73 Å². The molecule has 7 heteroatoms. The van der Waals surface area contributed by atoms with E-state index in [0.29, 0.717) is 10.0 Å². The van der Waals surface area contributed by atoms with Crippen LogP contribution in [0.2, 0.25) is 0 Å². The minimum atomic E-state index is -4.22. The summed E-state index contributed by atoms with van der Waals surface area (Å²) in [6.07, 6.45) is -5.42. The molecule has 0 spiro atoms.